The van der Waals surface area contributed by atoms with Gasteiger partial charge < -0.3 is 14.6 Å². The third-order valence-corrected chi connectivity index (χ3v) is 5.90. The third kappa shape index (κ3) is 4.16. The average Bonchev–Trinajstić information content (AvgIpc) is 3.20. The Labute approximate surface area is 146 Å². The number of furan rings is 1. The minimum absolute atomic E-state index is 0.0842. The Kier molecular flexibility index (Phi) is 4.76. The molecule has 1 unspecified atom stereocenters. The summed E-state index contributed by atoms with van der Waals surface area (Å²) in [6, 6.07) is 4.94. The van der Waals surface area contributed by atoms with E-state index in [0.717, 1.165) is 0 Å². The van der Waals surface area contributed by atoms with E-state index in [4.69, 9.17) is 4.42 Å². The van der Waals surface area contributed by atoms with Crippen molar-refractivity contribution in [3.8, 4) is 0 Å². The van der Waals surface area contributed by atoms with Crippen LogP contribution in [0.15, 0.2) is 28.9 Å². The fraction of sp³-hybridized carbons (Fsp3) is 0.438. The fourth-order valence-electron chi connectivity index (χ4n) is 2.74. The number of nitrogens with one attached hydrogen (secondary N) is 1. The maximum absolute atomic E-state index is 12.3. The second-order valence-corrected chi connectivity index (χ2v) is 8.35. The second-order valence-electron chi connectivity index (χ2n) is 6.12. The number of anilines is 1. The molecule has 0 aliphatic carbocycles. The van der Waals surface area contributed by atoms with E-state index < -0.39 is 9.84 Å². The van der Waals surface area contributed by atoms with Crippen molar-refractivity contribution in [3.05, 3.63) is 41.6 Å². The molecule has 3 rings (SSSR count). The van der Waals surface area contributed by atoms with Crippen LogP contribution in [0.2, 0.25) is 0 Å². The number of hydrogen-bond donors (Lipinski definition) is 1. The first-order valence-electron chi connectivity index (χ1n) is 7.93. The van der Waals surface area contributed by atoms with Crippen LogP contribution in [0.5, 0.6) is 0 Å². The van der Waals surface area contributed by atoms with E-state index in [1.165, 1.54) is 0 Å². The third-order valence-electron chi connectivity index (χ3n) is 4.15. The molecule has 1 fully saturated rings. The Morgan fingerprint density at radius 2 is 2.24 bits per heavy atom. The molecule has 2 aromatic heterocycles. The van der Waals surface area contributed by atoms with E-state index in [0.29, 0.717) is 23.8 Å². The summed E-state index contributed by atoms with van der Waals surface area (Å²) in [5.41, 5.74) is 0.877. The van der Waals surface area contributed by atoms with Gasteiger partial charge in [-0.05, 0) is 31.5 Å². The Hall–Kier alpha value is -2.42. The number of amides is 1. The minimum atomic E-state index is -3.01. The van der Waals surface area contributed by atoms with Crippen LogP contribution in [0.25, 0.3) is 0 Å². The monoisotopic (exact) mass is 364 g/mol. The van der Waals surface area contributed by atoms with Crippen LogP contribution >= 0.6 is 0 Å². The molecule has 3 heterocycles. The summed E-state index contributed by atoms with van der Waals surface area (Å²) in [5, 5.41) is 2.74. The summed E-state index contributed by atoms with van der Waals surface area (Å²) in [6.07, 6.45) is 2.08. The van der Waals surface area contributed by atoms with Crippen LogP contribution < -0.4 is 10.2 Å². The van der Waals surface area contributed by atoms with Crippen LogP contribution in [-0.2, 0) is 16.4 Å². The van der Waals surface area contributed by atoms with Gasteiger partial charge in [0.1, 0.15) is 11.5 Å². The van der Waals surface area contributed by atoms with Crippen molar-refractivity contribution in [3.63, 3.8) is 0 Å². The van der Waals surface area contributed by atoms with Crippen LogP contribution in [0.1, 0.15) is 28.4 Å². The lowest BCUT2D eigenvalue weighted by Gasteiger charge is -2.23. The van der Waals surface area contributed by atoms with E-state index in [1.54, 1.807) is 43.3 Å². The van der Waals surface area contributed by atoms with Gasteiger partial charge in [0.05, 0.1) is 24.3 Å². The first kappa shape index (κ1) is 17.4. The van der Waals surface area contributed by atoms with Gasteiger partial charge in [0.15, 0.2) is 9.84 Å². The molecule has 1 amide bonds. The SMILES string of the molecule is Cc1cc(C(=O)NCc2ccco2)nc(N(C)C2CCS(=O)(=O)C2)n1. The molecule has 1 saturated heterocycles. The quantitative estimate of drug-likeness (QED) is 0.841. The lowest BCUT2D eigenvalue weighted by molar-refractivity contribution is 0.0942. The van der Waals surface area contributed by atoms with Crippen LogP contribution in [0, 0.1) is 6.92 Å². The highest BCUT2D eigenvalue weighted by Crippen LogP contribution is 2.20. The molecule has 2 aromatic rings. The van der Waals surface area contributed by atoms with Gasteiger partial charge in [-0.2, -0.15) is 0 Å². The summed E-state index contributed by atoms with van der Waals surface area (Å²) in [4.78, 5) is 22.7. The van der Waals surface area contributed by atoms with Gasteiger partial charge in [0.2, 0.25) is 5.95 Å². The zero-order chi connectivity index (χ0) is 18.0. The topological polar surface area (TPSA) is 105 Å². The molecule has 0 radical (unpaired) electrons. The summed E-state index contributed by atoms with van der Waals surface area (Å²) in [5.74, 6) is 0.916. The fourth-order valence-corrected chi connectivity index (χ4v) is 4.52. The largest absolute Gasteiger partial charge is 0.467 e. The van der Waals surface area contributed by atoms with Crippen molar-refractivity contribution in [2.45, 2.75) is 25.9 Å². The van der Waals surface area contributed by atoms with Crippen LogP contribution in [0.4, 0.5) is 5.95 Å². The highest BCUT2D eigenvalue weighted by atomic mass is 32.2. The van der Waals surface area contributed by atoms with E-state index in [2.05, 4.69) is 15.3 Å². The molecule has 8 nitrogen and oxygen atoms in total. The van der Waals surface area contributed by atoms with E-state index in [9.17, 15) is 13.2 Å². The highest BCUT2D eigenvalue weighted by molar-refractivity contribution is 7.91. The number of carbonyl (C=O) groups excluding carboxylic acids is 1. The molecular weight excluding hydrogens is 344 g/mol. The number of carbonyl (C=O) groups is 1. The standard InChI is InChI=1S/C16H20N4O4S/c1-11-8-14(15(21)17-9-13-4-3-6-24-13)19-16(18-11)20(2)12-5-7-25(22,23)10-12/h3-4,6,8,12H,5,7,9-10H2,1-2H3,(H,17,21). The Bertz CT molecular complexity index is 864. The predicted molar refractivity (Wildman–Crippen MR) is 92.1 cm³/mol. The number of aryl methyl sites for hydroxylation is 1. The Morgan fingerprint density at radius 1 is 1.44 bits per heavy atom. The molecule has 1 aliphatic rings. The van der Waals surface area contributed by atoms with Gasteiger partial charge in [-0.3, -0.25) is 4.79 Å². The van der Waals surface area contributed by atoms with Gasteiger partial charge in [-0.15, -0.1) is 0 Å². The lowest BCUT2D eigenvalue weighted by atomic mass is 10.2. The smallest absolute Gasteiger partial charge is 0.270 e. The van der Waals surface area contributed by atoms with Gasteiger partial charge in [-0.1, -0.05) is 0 Å². The zero-order valence-electron chi connectivity index (χ0n) is 14.1. The Morgan fingerprint density at radius 3 is 2.88 bits per heavy atom. The molecule has 0 bridgehead atoms. The maximum Gasteiger partial charge on any atom is 0.270 e. The molecule has 1 N–H and O–H groups in total. The lowest BCUT2D eigenvalue weighted by Crippen LogP contribution is -2.34. The molecule has 0 aromatic carbocycles. The molecule has 134 valence electrons. The first-order chi connectivity index (χ1) is 11.8. The van der Waals surface area contributed by atoms with Gasteiger partial charge in [0, 0.05) is 18.8 Å². The summed E-state index contributed by atoms with van der Waals surface area (Å²) in [6.45, 7) is 2.04. The number of aromatic nitrogens is 2. The van der Waals surface area contributed by atoms with E-state index in [1.807, 2.05) is 0 Å². The van der Waals surface area contributed by atoms with Crippen LogP contribution in [-0.4, -0.2) is 48.9 Å². The van der Waals surface area contributed by atoms with Crippen molar-refractivity contribution < 1.29 is 17.6 Å². The first-order valence-corrected chi connectivity index (χ1v) is 9.76. The van der Waals surface area contributed by atoms with Crippen molar-refractivity contribution in [1.29, 1.82) is 0 Å². The van der Waals surface area contributed by atoms with E-state index in [-0.39, 0.29) is 35.7 Å². The van der Waals surface area contributed by atoms with Crippen molar-refractivity contribution in [1.82, 2.24) is 15.3 Å². The summed E-state index contributed by atoms with van der Waals surface area (Å²) >= 11 is 0. The van der Waals surface area contributed by atoms with E-state index >= 15 is 0 Å². The normalized spacial score (nSPS) is 18.9. The van der Waals surface area contributed by atoms with Crippen molar-refractivity contribution in [2.24, 2.45) is 0 Å². The number of sulfone groups is 1. The Balaban J connectivity index is 1.74. The molecular formula is C16H20N4O4S. The molecule has 1 atom stereocenters. The van der Waals surface area contributed by atoms with Crippen molar-refractivity contribution in [2.75, 3.05) is 23.5 Å². The van der Waals surface area contributed by atoms with Crippen LogP contribution in [0.3, 0.4) is 0 Å². The molecule has 9 heteroatoms. The molecule has 1 aliphatic heterocycles. The molecule has 0 saturated carbocycles. The summed E-state index contributed by atoms with van der Waals surface area (Å²) in [7, 11) is -1.25. The molecule has 25 heavy (non-hydrogen) atoms. The van der Waals surface area contributed by atoms with Gasteiger partial charge in [0.25, 0.3) is 5.91 Å². The number of nitrogens with zero attached hydrogens (tertiary/aromatic N) is 3. The zero-order valence-corrected chi connectivity index (χ0v) is 14.9. The van der Waals surface area contributed by atoms with Gasteiger partial charge in [-0.25, -0.2) is 18.4 Å². The number of rotatable bonds is 5. The van der Waals surface area contributed by atoms with Gasteiger partial charge >= 0.3 is 0 Å². The average molecular weight is 364 g/mol. The minimum Gasteiger partial charge on any atom is -0.467 e. The molecule has 0 spiro atoms. The second kappa shape index (κ2) is 6.83. The number of hydrogen-bond acceptors (Lipinski definition) is 7. The van der Waals surface area contributed by atoms with Crippen molar-refractivity contribution >= 4 is 21.7 Å². The summed E-state index contributed by atoms with van der Waals surface area (Å²) < 4.78 is 28.5. The maximum atomic E-state index is 12.3. The highest BCUT2D eigenvalue weighted by Gasteiger charge is 2.32. The predicted octanol–water partition coefficient (Wildman–Crippen LogP) is 0.931.